The minimum absolute atomic E-state index is 0.103. The fourth-order valence-corrected chi connectivity index (χ4v) is 5.52. The normalized spacial score (nSPS) is 27.9. The predicted molar refractivity (Wildman–Crippen MR) is 137 cm³/mol. The van der Waals surface area contributed by atoms with Gasteiger partial charge >= 0.3 is 6.03 Å². The average Bonchev–Trinajstić information content (AvgIpc) is 3.44. The second-order valence-electron chi connectivity index (χ2n) is 10.1. The van der Waals surface area contributed by atoms with Gasteiger partial charge < -0.3 is 30.3 Å². The molecule has 6 rings (SSSR count). The van der Waals surface area contributed by atoms with Gasteiger partial charge in [0.15, 0.2) is 17.0 Å². The van der Waals surface area contributed by atoms with Crippen molar-refractivity contribution in [3.63, 3.8) is 0 Å². The Labute approximate surface area is 213 Å². The number of hydrogen-bond donors (Lipinski definition) is 3. The Morgan fingerprint density at radius 1 is 1.14 bits per heavy atom. The molecule has 2 aliphatic heterocycles. The van der Waals surface area contributed by atoms with Crippen molar-refractivity contribution in [1.29, 1.82) is 0 Å². The first-order chi connectivity index (χ1) is 17.9. The average molecular weight is 511 g/mol. The molecule has 3 aliphatic rings. The van der Waals surface area contributed by atoms with E-state index in [1.807, 2.05) is 12.1 Å². The van der Waals surface area contributed by atoms with E-state index in [0.717, 1.165) is 30.0 Å². The van der Waals surface area contributed by atoms with Gasteiger partial charge in [0.2, 0.25) is 5.95 Å². The van der Waals surface area contributed by atoms with Gasteiger partial charge in [-0.15, -0.1) is 0 Å². The Kier molecular flexibility index (Phi) is 6.07. The Bertz CT molecular complexity index is 1320. The van der Waals surface area contributed by atoms with Crippen LogP contribution in [-0.2, 0) is 16.1 Å². The molecular weight excluding hydrogens is 479 g/mol. The summed E-state index contributed by atoms with van der Waals surface area (Å²) in [6.45, 7) is 5.95. The second kappa shape index (κ2) is 9.42. The lowest BCUT2D eigenvalue weighted by atomic mass is 10.1. The van der Waals surface area contributed by atoms with E-state index in [9.17, 15) is 9.18 Å². The SMILES string of the molecule is CNc1nc2nc3c1ncn3C(=O)N[C@@H]1C[C@@H](F)CC1OCc1cc(cc(N3C[C@@H](C)O[C@@H](C)C3)c1)N2. The van der Waals surface area contributed by atoms with Crippen LogP contribution < -0.4 is 20.9 Å². The predicted octanol–water partition coefficient (Wildman–Crippen LogP) is 3.18. The van der Waals surface area contributed by atoms with E-state index in [1.165, 1.54) is 10.9 Å². The van der Waals surface area contributed by atoms with Crippen molar-refractivity contribution in [2.75, 3.05) is 35.7 Å². The van der Waals surface area contributed by atoms with Crippen molar-refractivity contribution < 1.29 is 18.7 Å². The summed E-state index contributed by atoms with van der Waals surface area (Å²) in [6.07, 6.45) is 0.547. The topological polar surface area (TPSA) is 118 Å². The fourth-order valence-electron chi connectivity index (χ4n) is 5.52. The fraction of sp³-hybridized carbons (Fsp3) is 0.520. The molecular formula is C25H31FN8O3. The standard InChI is InChI=1S/C25H31FN8O3/c1-13-9-33(10-14(2)37-13)18-5-15-4-17(8-18)29-24-31-22(27-3)21-23(32-24)34(12-28-21)25(35)30-19-6-16(26)7-20(19)36-11-15/h4-5,8,12-14,16,19-20H,6-7,9-11H2,1-3H3,(H,30,35)(H2,27,29,31,32)/t13-,14+,16-,19-,20?/m1/s1. The van der Waals surface area contributed by atoms with E-state index in [4.69, 9.17) is 9.47 Å². The quantitative estimate of drug-likeness (QED) is 0.478. The van der Waals surface area contributed by atoms with E-state index in [1.54, 1.807) is 7.05 Å². The monoisotopic (exact) mass is 510 g/mol. The number of nitrogens with one attached hydrogen (secondary N) is 3. The van der Waals surface area contributed by atoms with Crippen molar-refractivity contribution in [3.05, 3.63) is 30.1 Å². The Morgan fingerprint density at radius 2 is 1.95 bits per heavy atom. The summed E-state index contributed by atoms with van der Waals surface area (Å²) in [4.78, 5) is 29.0. The third-order valence-corrected chi connectivity index (χ3v) is 7.09. The number of carbonyl (C=O) groups is 1. The number of halogens is 1. The minimum atomic E-state index is -1.05. The Morgan fingerprint density at radius 3 is 2.73 bits per heavy atom. The zero-order chi connectivity index (χ0) is 25.7. The van der Waals surface area contributed by atoms with Gasteiger partial charge in [0.1, 0.15) is 12.5 Å². The number of morpholine rings is 1. The van der Waals surface area contributed by atoms with Crippen LogP contribution in [0.1, 0.15) is 32.3 Å². The van der Waals surface area contributed by atoms with Crippen LogP contribution in [0.4, 0.5) is 32.3 Å². The highest BCUT2D eigenvalue weighted by molar-refractivity contribution is 5.92. The van der Waals surface area contributed by atoms with Gasteiger partial charge in [-0.1, -0.05) is 0 Å². The Balaban J connectivity index is 1.45. The summed E-state index contributed by atoms with van der Waals surface area (Å²) in [5.74, 6) is 0.808. The first-order valence-corrected chi connectivity index (χ1v) is 12.7. The van der Waals surface area contributed by atoms with E-state index in [0.29, 0.717) is 22.9 Å². The maximum absolute atomic E-state index is 14.4. The van der Waals surface area contributed by atoms with Crippen LogP contribution in [0.15, 0.2) is 24.5 Å². The number of rotatable bonds is 2. The zero-order valence-corrected chi connectivity index (χ0v) is 21.1. The van der Waals surface area contributed by atoms with Crippen LogP contribution in [0.25, 0.3) is 11.2 Å². The van der Waals surface area contributed by atoms with Gasteiger partial charge in [-0.25, -0.2) is 18.7 Å². The zero-order valence-electron chi connectivity index (χ0n) is 21.1. The smallest absolute Gasteiger partial charge is 0.328 e. The van der Waals surface area contributed by atoms with Gasteiger partial charge in [-0.2, -0.15) is 9.97 Å². The van der Waals surface area contributed by atoms with E-state index in [2.05, 4.69) is 55.7 Å². The molecule has 196 valence electrons. The van der Waals surface area contributed by atoms with Gasteiger partial charge in [0.25, 0.3) is 0 Å². The van der Waals surface area contributed by atoms with Gasteiger partial charge in [-0.3, -0.25) is 0 Å². The molecule has 1 amide bonds. The molecule has 1 saturated carbocycles. The molecule has 37 heavy (non-hydrogen) atoms. The number of imidazole rings is 1. The van der Waals surface area contributed by atoms with Crippen molar-refractivity contribution in [1.82, 2.24) is 24.8 Å². The molecule has 3 aromatic rings. The van der Waals surface area contributed by atoms with Crippen LogP contribution in [0.2, 0.25) is 0 Å². The molecule has 4 bridgehead atoms. The number of alkyl halides is 1. The van der Waals surface area contributed by atoms with Crippen LogP contribution in [0.3, 0.4) is 0 Å². The van der Waals surface area contributed by atoms with Crippen LogP contribution in [0, 0.1) is 0 Å². The van der Waals surface area contributed by atoms with Gasteiger partial charge in [0, 0.05) is 44.4 Å². The lowest BCUT2D eigenvalue weighted by Gasteiger charge is -2.37. The summed E-state index contributed by atoms with van der Waals surface area (Å²) in [6, 6.07) is 5.23. The van der Waals surface area contributed by atoms with Crippen molar-refractivity contribution >= 4 is 40.3 Å². The third-order valence-electron chi connectivity index (χ3n) is 7.09. The largest absolute Gasteiger partial charge is 0.372 e. The molecule has 1 saturated heterocycles. The van der Waals surface area contributed by atoms with Gasteiger partial charge in [0.05, 0.1) is 31.0 Å². The van der Waals surface area contributed by atoms with E-state index < -0.39 is 24.3 Å². The number of ether oxygens (including phenoxy) is 2. The van der Waals surface area contributed by atoms with Crippen molar-refractivity contribution in [2.24, 2.45) is 0 Å². The highest BCUT2D eigenvalue weighted by Crippen LogP contribution is 2.31. The molecule has 0 spiro atoms. The van der Waals surface area contributed by atoms with E-state index >= 15 is 0 Å². The minimum Gasteiger partial charge on any atom is -0.372 e. The molecule has 11 nitrogen and oxygen atoms in total. The molecule has 5 atom stereocenters. The highest BCUT2D eigenvalue weighted by atomic mass is 19.1. The molecule has 2 fully saturated rings. The summed E-state index contributed by atoms with van der Waals surface area (Å²) < 4.78 is 27.9. The number of amides is 1. The first-order valence-electron chi connectivity index (χ1n) is 12.7. The number of aromatic nitrogens is 4. The summed E-state index contributed by atoms with van der Waals surface area (Å²) >= 11 is 0. The lowest BCUT2D eigenvalue weighted by Crippen LogP contribution is -2.45. The summed E-state index contributed by atoms with van der Waals surface area (Å²) in [7, 11) is 1.74. The number of anilines is 4. The van der Waals surface area contributed by atoms with Crippen LogP contribution in [0.5, 0.6) is 0 Å². The number of benzene rings is 1. The molecule has 0 radical (unpaired) electrons. The molecule has 1 unspecified atom stereocenters. The van der Waals surface area contributed by atoms with Crippen LogP contribution in [-0.4, -0.2) is 76.2 Å². The summed E-state index contributed by atoms with van der Waals surface area (Å²) in [5, 5.41) is 9.28. The maximum atomic E-state index is 14.4. The third kappa shape index (κ3) is 4.66. The molecule has 4 heterocycles. The lowest BCUT2D eigenvalue weighted by molar-refractivity contribution is -0.00524. The number of nitrogens with zero attached hydrogens (tertiary/aromatic N) is 5. The number of fused-ring (bicyclic) bond motifs is 4. The number of carbonyl (C=O) groups excluding carboxylic acids is 1. The first kappa shape index (κ1) is 23.9. The van der Waals surface area contributed by atoms with Crippen LogP contribution >= 0.6 is 0 Å². The van der Waals surface area contributed by atoms with Crippen molar-refractivity contribution in [3.8, 4) is 0 Å². The molecule has 2 aromatic heterocycles. The van der Waals surface area contributed by atoms with Crippen molar-refractivity contribution in [2.45, 2.75) is 63.8 Å². The summed E-state index contributed by atoms with van der Waals surface area (Å²) in [5.41, 5.74) is 3.54. The number of hydrogen-bond acceptors (Lipinski definition) is 9. The molecule has 1 aromatic carbocycles. The maximum Gasteiger partial charge on any atom is 0.328 e. The molecule has 3 N–H and O–H groups in total. The Hall–Kier alpha value is -3.51. The van der Waals surface area contributed by atoms with Gasteiger partial charge in [-0.05, 0) is 37.6 Å². The van der Waals surface area contributed by atoms with E-state index in [-0.39, 0.29) is 31.7 Å². The highest BCUT2D eigenvalue weighted by Gasteiger charge is 2.37. The molecule has 12 heteroatoms. The molecule has 1 aliphatic carbocycles. The second-order valence-corrected chi connectivity index (χ2v) is 10.1.